The Morgan fingerprint density at radius 3 is 2.32 bits per heavy atom. The third-order valence-corrected chi connectivity index (χ3v) is 5.41. The normalized spacial score (nSPS) is 21.5. The van der Waals surface area contributed by atoms with E-state index in [-0.39, 0.29) is 12.2 Å². The minimum atomic E-state index is -1.64. The SMILES string of the molecule is CC(OC1=CCC(Cl)=C1C(C)C1=C(Cl)CC=C1)O[Si](C)(C)C. The molecule has 0 saturated heterocycles. The lowest BCUT2D eigenvalue weighted by atomic mass is 9.93. The first-order chi connectivity index (χ1) is 10.2. The molecule has 0 N–H and O–H groups in total. The summed E-state index contributed by atoms with van der Waals surface area (Å²) in [5, 5.41) is 1.72. The molecule has 122 valence electrons. The Kier molecular flexibility index (Phi) is 5.65. The predicted octanol–water partition coefficient (Wildman–Crippen LogP) is 6.07. The Morgan fingerprint density at radius 2 is 1.77 bits per heavy atom. The topological polar surface area (TPSA) is 18.5 Å². The molecule has 22 heavy (non-hydrogen) atoms. The number of hydrogen-bond acceptors (Lipinski definition) is 2. The number of allylic oxidation sites excluding steroid dienone is 7. The van der Waals surface area contributed by atoms with Gasteiger partial charge < -0.3 is 9.16 Å². The summed E-state index contributed by atoms with van der Waals surface area (Å²) in [6, 6.07) is 0. The Balaban J connectivity index is 2.13. The number of halogens is 2. The van der Waals surface area contributed by atoms with Crippen molar-refractivity contribution >= 4 is 31.5 Å². The van der Waals surface area contributed by atoms with Crippen LogP contribution in [-0.2, 0) is 9.16 Å². The molecule has 0 radical (unpaired) electrons. The van der Waals surface area contributed by atoms with Crippen molar-refractivity contribution in [2.24, 2.45) is 5.92 Å². The van der Waals surface area contributed by atoms with Crippen molar-refractivity contribution in [3.8, 4) is 0 Å². The van der Waals surface area contributed by atoms with Crippen molar-refractivity contribution in [3.63, 3.8) is 0 Å². The van der Waals surface area contributed by atoms with Crippen molar-refractivity contribution in [2.45, 2.75) is 52.6 Å². The molecule has 2 rings (SSSR count). The summed E-state index contributed by atoms with van der Waals surface area (Å²) in [6.45, 7) is 10.5. The van der Waals surface area contributed by atoms with Crippen LogP contribution in [0.2, 0.25) is 19.6 Å². The quantitative estimate of drug-likeness (QED) is 0.423. The van der Waals surface area contributed by atoms with Crippen LogP contribution in [0, 0.1) is 5.92 Å². The average molecular weight is 359 g/mol. The van der Waals surface area contributed by atoms with Crippen molar-refractivity contribution in [1.29, 1.82) is 0 Å². The standard InChI is InChI=1S/C17H24Cl2O2Si/c1-11(13-7-6-8-14(13)18)17-15(19)9-10-16(17)20-12(2)21-22(3,4)5/h6-7,10-12H,8-9H2,1-5H3. The molecular formula is C17H24Cl2O2Si. The molecule has 0 aromatic rings. The molecule has 0 aromatic heterocycles. The third-order valence-electron chi connectivity index (χ3n) is 3.64. The molecule has 0 amide bonds. The molecule has 0 aromatic carbocycles. The zero-order valence-corrected chi connectivity index (χ0v) is 16.4. The maximum atomic E-state index is 6.44. The molecule has 2 aliphatic carbocycles. The first kappa shape index (κ1) is 17.9. The molecule has 2 nitrogen and oxygen atoms in total. The number of rotatable bonds is 6. The van der Waals surface area contributed by atoms with Crippen LogP contribution in [0.1, 0.15) is 26.7 Å². The van der Waals surface area contributed by atoms with E-state index in [9.17, 15) is 0 Å². The maximum Gasteiger partial charge on any atom is 0.188 e. The van der Waals surface area contributed by atoms with Crippen LogP contribution in [0.3, 0.4) is 0 Å². The van der Waals surface area contributed by atoms with Gasteiger partial charge in [-0.25, -0.2) is 0 Å². The van der Waals surface area contributed by atoms with E-state index in [0.717, 1.165) is 33.4 Å². The van der Waals surface area contributed by atoms with E-state index in [0.29, 0.717) is 6.42 Å². The monoisotopic (exact) mass is 358 g/mol. The summed E-state index contributed by atoms with van der Waals surface area (Å²) in [6.07, 6.45) is 7.45. The van der Waals surface area contributed by atoms with Crippen molar-refractivity contribution in [1.82, 2.24) is 0 Å². The van der Waals surface area contributed by atoms with E-state index in [1.165, 1.54) is 0 Å². The third kappa shape index (κ3) is 4.29. The summed E-state index contributed by atoms with van der Waals surface area (Å²) in [7, 11) is -1.64. The Labute approximate surface area is 144 Å². The van der Waals surface area contributed by atoms with Gasteiger partial charge >= 0.3 is 0 Å². The number of hydrogen-bond donors (Lipinski definition) is 0. The van der Waals surface area contributed by atoms with E-state index in [2.05, 4.69) is 38.7 Å². The van der Waals surface area contributed by atoms with E-state index < -0.39 is 8.32 Å². The molecule has 2 atom stereocenters. The molecule has 0 fully saturated rings. The van der Waals surface area contributed by atoms with Gasteiger partial charge in [0.15, 0.2) is 14.6 Å². The fourth-order valence-electron chi connectivity index (χ4n) is 2.83. The summed E-state index contributed by atoms with van der Waals surface area (Å²) >= 11 is 12.7. The highest BCUT2D eigenvalue weighted by Gasteiger charge is 2.29. The van der Waals surface area contributed by atoms with Crippen LogP contribution in [-0.4, -0.2) is 14.6 Å². The Bertz CT molecular complexity index is 568. The lowest BCUT2D eigenvalue weighted by Crippen LogP contribution is -2.32. The van der Waals surface area contributed by atoms with Crippen molar-refractivity contribution in [2.75, 3.05) is 0 Å². The molecule has 0 heterocycles. The van der Waals surface area contributed by atoms with Gasteiger partial charge in [0.05, 0.1) is 0 Å². The van der Waals surface area contributed by atoms with E-state index >= 15 is 0 Å². The van der Waals surface area contributed by atoms with Crippen LogP contribution in [0.25, 0.3) is 0 Å². The summed E-state index contributed by atoms with van der Waals surface area (Å²) < 4.78 is 12.0. The first-order valence-corrected chi connectivity index (χ1v) is 11.8. The Morgan fingerprint density at radius 1 is 1.09 bits per heavy atom. The molecule has 0 saturated carbocycles. The highest BCUT2D eigenvalue weighted by molar-refractivity contribution is 6.69. The van der Waals surface area contributed by atoms with Gasteiger partial charge in [-0.3, -0.25) is 0 Å². The molecule has 0 bridgehead atoms. The fraction of sp³-hybridized carbons (Fsp3) is 0.529. The summed E-state index contributed by atoms with van der Waals surface area (Å²) in [5.74, 6) is 0.965. The van der Waals surface area contributed by atoms with Gasteiger partial charge in [-0.1, -0.05) is 42.3 Å². The van der Waals surface area contributed by atoms with Crippen LogP contribution in [0.4, 0.5) is 0 Å². The largest absolute Gasteiger partial charge is 0.466 e. The van der Waals surface area contributed by atoms with Crippen molar-refractivity contribution in [3.05, 3.63) is 45.2 Å². The lowest BCUT2D eigenvalue weighted by Gasteiger charge is -2.26. The molecule has 2 aliphatic rings. The minimum absolute atomic E-state index is 0.131. The van der Waals surface area contributed by atoms with Crippen LogP contribution in [0.15, 0.2) is 45.2 Å². The fourth-order valence-corrected chi connectivity index (χ4v) is 4.52. The van der Waals surface area contributed by atoms with Gasteiger partial charge in [0.2, 0.25) is 0 Å². The van der Waals surface area contributed by atoms with E-state index in [1.54, 1.807) is 0 Å². The average Bonchev–Trinajstić information content (AvgIpc) is 2.93. The highest BCUT2D eigenvalue weighted by atomic mass is 35.5. The van der Waals surface area contributed by atoms with E-state index in [1.807, 2.05) is 13.0 Å². The summed E-state index contributed by atoms with van der Waals surface area (Å²) in [4.78, 5) is 0. The van der Waals surface area contributed by atoms with Gasteiger partial charge in [0.25, 0.3) is 0 Å². The Hall–Kier alpha value is -0.483. The first-order valence-electron chi connectivity index (χ1n) is 7.67. The predicted molar refractivity (Wildman–Crippen MR) is 96.4 cm³/mol. The smallest absolute Gasteiger partial charge is 0.188 e. The van der Waals surface area contributed by atoms with Gasteiger partial charge in [-0.05, 0) is 38.2 Å². The summed E-state index contributed by atoms with van der Waals surface area (Å²) in [5.41, 5.74) is 2.16. The minimum Gasteiger partial charge on any atom is -0.466 e. The van der Waals surface area contributed by atoms with Crippen LogP contribution < -0.4 is 0 Å². The van der Waals surface area contributed by atoms with Crippen molar-refractivity contribution < 1.29 is 9.16 Å². The van der Waals surface area contributed by atoms with Gasteiger partial charge in [-0.2, -0.15) is 0 Å². The molecule has 0 aliphatic heterocycles. The second kappa shape index (κ2) is 6.96. The second-order valence-corrected chi connectivity index (χ2v) is 12.1. The van der Waals surface area contributed by atoms with Crippen LogP contribution >= 0.6 is 23.2 Å². The van der Waals surface area contributed by atoms with E-state index in [4.69, 9.17) is 32.4 Å². The van der Waals surface area contributed by atoms with Gasteiger partial charge in [0.1, 0.15) is 5.76 Å². The maximum absolute atomic E-state index is 6.44. The molecule has 5 heteroatoms. The molecule has 2 unspecified atom stereocenters. The number of ether oxygens (including phenoxy) is 1. The molecule has 0 spiro atoms. The van der Waals surface area contributed by atoms with Gasteiger partial charge in [-0.15, -0.1) is 0 Å². The van der Waals surface area contributed by atoms with Crippen LogP contribution in [0.5, 0.6) is 0 Å². The zero-order valence-electron chi connectivity index (χ0n) is 13.9. The van der Waals surface area contributed by atoms with Gasteiger partial charge in [0, 0.05) is 34.4 Å². The lowest BCUT2D eigenvalue weighted by molar-refractivity contribution is -0.0323. The molecular weight excluding hydrogens is 335 g/mol. The second-order valence-electron chi connectivity index (χ2n) is 6.70. The zero-order chi connectivity index (χ0) is 16.5. The highest BCUT2D eigenvalue weighted by Crippen LogP contribution is 2.41.